The number of hydrogen-bond acceptors (Lipinski definition) is 2. The number of amides is 1. The van der Waals surface area contributed by atoms with Gasteiger partial charge in [-0.05, 0) is 52.3 Å². The lowest BCUT2D eigenvalue weighted by Crippen LogP contribution is -2.12. The van der Waals surface area contributed by atoms with Gasteiger partial charge in [-0.2, -0.15) is 0 Å². The van der Waals surface area contributed by atoms with Crippen LogP contribution in [0.15, 0.2) is 47.2 Å². The van der Waals surface area contributed by atoms with Gasteiger partial charge in [-0.15, -0.1) is 0 Å². The highest BCUT2D eigenvalue weighted by atomic mass is 79.9. The SMILES string of the molecule is O=C(Nc1ccc(Cl)cc1Br)c1ccc2nc[nH]c2c1. The first-order valence-corrected chi connectivity index (χ1v) is 7.00. The van der Waals surface area contributed by atoms with Crippen LogP contribution in [0.3, 0.4) is 0 Å². The molecule has 1 aromatic heterocycles. The first-order valence-electron chi connectivity index (χ1n) is 5.83. The van der Waals surface area contributed by atoms with Gasteiger partial charge >= 0.3 is 0 Å². The number of halogens is 2. The Kier molecular flexibility index (Phi) is 3.46. The third-order valence-electron chi connectivity index (χ3n) is 2.86. The number of hydrogen-bond donors (Lipinski definition) is 2. The van der Waals surface area contributed by atoms with Crippen molar-refractivity contribution in [2.45, 2.75) is 0 Å². The molecule has 100 valence electrons. The summed E-state index contributed by atoms with van der Waals surface area (Å²) in [5.74, 6) is -0.190. The summed E-state index contributed by atoms with van der Waals surface area (Å²) in [6.07, 6.45) is 1.60. The number of carbonyl (C=O) groups is 1. The zero-order chi connectivity index (χ0) is 14.1. The van der Waals surface area contributed by atoms with E-state index in [1.165, 1.54) is 0 Å². The van der Waals surface area contributed by atoms with Crippen LogP contribution in [0.25, 0.3) is 11.0 Å². The van der Waals surface area contributed by atoms with E-state index in [1.807, 2.05) is 0 Å². The van der Waals surface area contributed by atoms with Crippen LogP contribution in [0.5, 0.6) is 0 Å². The van der Waals surface area contributed by atoms with Crippen LogP contribution in [-0.4, -0.2) is 15.9 Å². The van der Waals surface area contributed by atoms with Crippen molar-refractivity contribution in [1.82, 2.24) is 9.97 Å². The predicted molar refractivity (Wildman–Crippen MR) is 83.2 cm³/mol. The molecule has 0 fully saturated rings. The highest BCUT2D eigenvalue weighted by Crippen LogP contribution is 2.26. The highest BCUT2D eigenvalue weighted by Gasteiger charge is 2.10. The summed E-state index contributed by atoms with van der Waals surface area (Å²) in [6.45, 7) is 0. The van der Waals surface area contributed by atoms with E-state index < -0.39 is 0 Å². The Bertz CT molecular complexity index is 800. The molecule has 0 radical (unpaired) electrons. The van der Waals surface area contributed by atoms with Crippen molar-refractivity contribution in [3.63, 3.8) is 0 Å². The van der Waals surface area contributed by atoms with Crippen LogP contribution >= 0.6 is 27.5 Å². The molecule has 0 saturated carbocycles. The molecule has 1 heterocycles. The van der Waals surface area contributed by atoms with E-state index >= 15 is 0 Å². The molecule has 0 saturated heterocycles. The number of rotatable bonds is 2. The monoisotopic (exact) mass is 349 g/mol. The minimum Gasteiger partial charge on any atom is -0.345 e. The minimum atomic E-state index is -0.190. The summed E-state index contributed by atoms with van der Waals surface area (Å²) < 4.78 is 0.737. The largest absolute Gasteiger partial charge is 0.345 e. The minimum absolute atomic E-state index is 0.190. The molecule has 3 rings (SSSR count). The smallest absolute Gasteiger partial charge is 0.255 e. The number of aromatic nitrogens is 2. The molecule has 0 atom stereocenters. The molecule has 6 heteroatoms. The third-order valence-corrected chi connectivity index (χ3v) is 3.75. The van der Waals surface area contributed by atoms with Crippen molar-refractivity contribution >= 4 is 50.2 Å². The zero-order valence-electron chi connectivity index (χ0n) is 10.2. The molecule has 0 aliphatic carbocycles. The topological polar surface area (TPSA) is 57.8 Å². The maximum absolute atomic E-state index is 12.2. The second kappa shape index (κ2) is 5.26. The molecular formula is C14H9BrClN3O. The summed E-state index contributed by atoms with van der Waals surface area (Å²) in [7, 11) is 0. The Hall–Kier alpha value is -1.85. The third kappa shape index (κ3) is 2.55. The number of aromatic amines is 1. The van der Waals surface area contributed by atoms with Crippen LogP contribution < -0.4 is 5.32 Å². The average Bonchev–Trinajstić information content (AvgIpc) is 2.89. The Morgan fingerprint density at radius 2 is 2.10 bits per heavy atom. The molecule has 4 nitrogen and oxygen atoms in total. The molecule has 0 aliphatic heterocycles. The predicted octanol–water partition coefficient (Wildman–Crippen LogP) is 4.23. The summed E-state index contributed by atoms with van der Waals surface area (Å²) in [4.78, 5) is 19.3. The van der Waals surface area contributed by atoms with Gasteiger partial charge in [0.15, 0.2) is 0 Å². The van der Waals surface area contributed by atoms with Gasteiger partial charge in [0.1, 0.15) is 0 Å². The quantitative estimate of drug-likeness (QED) is 0.726. The first kappa shape index (κ1) is 13.1. The first-order chi connectivity index (χ1) is 9.63. The standard InChI is InChI=1S/C14H9BrClN3O/c15-10-6-9(16)2-4-11(10)19-14(20)8-1-3-12-13(5-8)18-7-17-12/h1-7H,(H,17,18)(H,19,20). The molecule has 2 aromatic carbocycles. The van der Waals surface area contributed by atoms with Gasteiger partial charge in [0.2, 0.25) is 0 Å². The van der Waals surface area contributed by atoms with Gasteiger partial charge in [-0.1, -0.05) is 11.6 Å². The van der Waals surface area contributed by atoms with Crippen molar-refractivity contribution in [3.05, 3.63) is 57.8 Å². The number of nitrogens with zero attached hydrogens (tertiary/aromatic N) is 1. The maximum Gasteiger partial charge on any atom is 0.255 e. The van der Waals surface area contributed by atoms with Crippen molar-refractivity contribution in [2.24, 2.45) is 0 Å². The van der Waals surface area contributed by atoms with Crippen LogP contribution in [0.4, 0.5) is 5.69 Å². The number of carbonyl (C=O) groups excluding carboxylic acids is 1. The van der Waals surface area contributed by atoms with E-state index in [0.717, 1.165) is 15.5 Å². The van der Waals surface area contributed by atoms with Crippen molar-refractivity contribution in [2.75, 3.05) is 5.32 Å². The van der Waals surface area contributed by atoms with Gasteiger partial charge in [0.25, 0.3) is 5.91 Å². The molecule has 2 N–H and O–H groups in total. The average molecular weight is 351 g/mol. The second-order valence-electron chi connectivity index (χ2n) is 4.21. The number of fused-ring (bicyclic) bond motifs is 1. The Morgan fingerprint density at radius 1 is 1.25 bits per heavy atom. The summed E-state index contributed by atoms with van der Waals surface area (Å²) in [5, 5.41) is 3.44. The van der Waals surface area contributed by atoms with Gasteiger partial charge < -0.3 is 10.3 Å². The number of benzene rings is 2. The zero-order valence-corrected chi connectivity index (χ0v) is 12.5. The summed E-state index contributed by atoms with van der Waals surface area (Å²) in [6, 6.07) is 10.5. The normalized spacial score (nSPS) is 10.7. The van der Waals surface area contributed by atoms with Gasteiger partial charge in [0, 0.05) is 15.1 Å². The summed E-state index contributed by atoms with van der Waals surface area (Å²) >= 11 is 9.24. The maximum atomic E-state index is 12.2. The van der Waals surface area contributed by atoms with Crippen LogP contribution in [-0.2, 0) is 0 Å². The molecular weight excluding hydrogens is 342 g/mol. The number of H-pyrrole nitrogens is 1. The molecule has 0 unspecified atom stereocenters. The van der Waals surface area contributed by atoms with Crippen LogP contribution in [0, 0.1) is 0 Å². The van der Waals surface area contributed by atoms with E-state index in [2.05, 4.69) is 31.2 Å². The molecule has 0 spiro atoms. The fourth-order valence-corrected chi connectivity index (χ4v) is 2.64. The molecule has 1 amide bonds. The van der Waals surface area contributed by atoms with E-state index in [0.29, 0.717) is 16.3 Å². The lowest BCUT2D eigenvalue weighted by Gasteiger charge is -2.07. The van der Waals surface area contributed by atoms with Crippen LogP contribution in [0.1, 0.15) is 10.4 Å². The van der Waals surface area contributed by atoms with Gasteiger partial charge in [-0.25, -0.2) is 4.98 Å². The lowest BCUT2D eigenvalue weighted by atomic mass is 10.2. The molecule has 20 heavy (non-hydrogen) atoms. The fraction of sp³-hybridized carbons (Fsp3) is 0. The molecule has 3 aromatic rings. The second-order valence-corrected chi connectivity index (χ2v) is 5.50. The van der Waals surface area contributed by atoms with Crippen molar-refractivity contribution in [3.8, 4) is 0 Å². The van der Waals surface area contributed by atoms with Gasteiger partial charge in [0.05, 0.1) is 23.0 Å². The van der Waals surface area contributed by atoms with Crippen molar-refractivity contribution in [1.29, 1.82) is 0 Å². The number of imidazole rings is 1. The van der Waals surface area contributed by atoms with Crippen LogP contribution in [0.2, 0.25) is 5.02 Å². The number of nitrogens with one attached hydrogen (secondary N) is 2. The number of anilines is 1. The Labute approximate surface area is 128 Å². The molecule has 0 aliphatic rings. The van der Waals surface area contributed by atoms with E-state index in [1.54, 1.807) is 42.7 Å². The Balaban J connectivity index is 1.88. The summed E-state index contributed by atoms with van der Waals surface area (Å²) in [5.41, 5.74) is 2.88. The molecule has 0 bridgehead atoms. The van der Waals surface area contributed by atoms with E-state index in [-0.39, 0.29) is 5.91 Å². The highest BCUT2D eigenvalue weighted by molar-refractivity contribution is 9.10. The lowest BCUT2D eigenvalue weighted by molar-refractivity contribution is 0.102. The fourth-order valence-electron chi connectivity index (χ4n) is 1.86. The van der Waals surface area contributed by atoms with Crippen molar-refractivity contribution < 1.29 is 4.79 Å². The Morgan fingerprint density at radius 3 is 2.90 bits per heavy atom. The van der Waals surface area contributed by atoms with E-state index in [4.69, 9.17) is 11.6 Å². The van der Waals surface area contributed by atoms with E-state index in [9.17, 15) is 4.79 Å². The van der Waals surface area contributed by atoms with Gasteiger partial charge in [-0.3, -0.25) is 4.79 Å².